The fraction of sp³-hybridized carbons (Fsp3) is 0.525. The van der Waals surface area contributed by atoms with Crippen molar-refractivity contribution >= 4 is 34.8 Å². The Balaban J connectivity index is 0.000000265. The van der Waals surface area contributed by atoms with E-state index in [1.165, 1.54) is 88.5 Å². The fourth-order valence-electron chi connectivity index (χ4n) is 14.8. The summed E-state index contributed by atoms with van der Waals surface area (Å²) in [5.41, 5.74) is 0.857. The van der Waals surface area contributed by atoms with Crippen molar-refractivity contribution in [2.45, 2.75) is 191 Å². The first kappa shape index (κ1) is 81.2. The van der Waals surface area contributed by atoms with Crippen LogP contribution in [0.2, 0.25) is 0 Å². The lowest BCUT2D eigenvalue weighted by Crippen LogP contribution is -2.39. The fourth-order valence-corrected chi connectivity index (χ4v) is 14.8. The second-order valence-corrected chi connectivity index (χ2v) is 29.0. The Hall–Kier alpha value is -8.06. The summed E-state index contributed by atoms with van der Waals surface area (Å²) in [7, 11) is 8.95. The summed E-state index contributed by atoms with van der Waals surface area (Å²) in [5.74, 6) is 2.75. The smallest absolute Gasteiger partial charge is 0.248 e. The summed E-state index contributed by atoms with van der Waals surface area (Å²) in [6.07, 6.45) is 29.5. The Kier molecular flexibility index (Phi) is 32.9. The lowest BCUT2D eigenvalue weighted by atomic mass is 9.73. The number of unbranched alkanes of at least 4 members (excludes halogenated alkanes) is 12. The largest absolute Gasteiger partial charge is 0.554 e. The normalized spacial score (nSPS) is 15.5. The number of phenols is 2. The molecular weight excluding hydrogens is 1300 g/mol. The van der Waals surface area contributed by atoms with Crippen molar-refractivity contribution < 1.29 is 68.2 Å². The number of pyridine rings is 2. The number of rotatable bonds is 36. The second kappa shape index (κ2) is 41.3. The molecule has 2 aliphatic carbocycles. The maximum atomic E-state index is 12.1. The van der Waals surface area contributed by atoms with Gasteiger partial charge >= 0.3 is 0 Å². The molecule has 0 saturated heterocycles. The summed E-state index contributed by atoms with van der Waals surface area (Å²) in [5, 5.41) is 90.3. The molecule has 10 N–H and O–H groups in total. The molecule has 0 unspecified atom stereocenters. The Morgan fingerprint density at radius 2 is 0.833 bits per heavy atom. The molecule has 2 saturated carbocycles. The molecule has 4 atom stereocenters. The Bertz CT molecular complexity index is 3620. The maximum absolute atomic E-state index is 12.1. The molecule has 0 bridgehead atoms. The van der Waals surface area contributed by atoms with E-state index in [9.17, 15) is 40.2 Å². The van der Waals surface area contributed by atoms with Crippen molar-refractivity contribution in [3.8, 4) is 11.5 Å². The predicted octanol–water partition coefficient (Wildman–Crippen LogP) is 10.1. The summed E-state index contributed by atoms with van der Waals surface area (Å²) in [4.78, 5) is 54.4. The molecule has 2 fully saturated rings. The van der Waals surface area contributed by atoms with Gasteiger partial charge in [-0.3, -0.25) is 9.59 Å². The molecular formula is C80H112N8O14. The number of carboxylic acid groups (broad SMARTS) is 2. The average Bonchev–Trinajstić information content (AvgIpc) is 1.44. The molecule has 0 amide bonds. The first-order valence-electron chi connectivity index (χ1n) is 36.9. The van der Waals surface area contributed by atoms with Gasteiger partial charge in [-0.2, -0.15) is 0 Å². The summed E-state index contributed by atoms with van der Waals surface area (Å²) >= 11 is 0. The SMILES string of the molecule is C[N+](C)(CCCCCCCCCNC[C@H](O)c1ccc(O)c2[nH]c(=O)ccc12)Cc1cnc([C@](O)(c2ccccc2)C2CCCCC2)o1.C[N+](C)(CCCCCCCCCNC[C@H](O)c1ccc(O)c2[nH]c(=O)ccc12)Cc1cnc([C@](O)(c2ccccc2)C2CCCCC2)o1.O=C[O-].O=C[O-]. The molecule has 22 heteroatoms. The lowest BCUT2D eigenvalue weighted by molar-refractivity contribution is -0.904. The molecule has 102 heavy (non-hydrogen) atoms. The van der Waals surface area contributed by atoms with E-state index in [2.05, 4.69) is 58.8 Å². The minimum atomic E-state index is -1.19. The lowest BCUT2D eigenvalue weighted by Gasteiger charge is -2.36. The zero-order valence-corrected chi connectivity index (χ0v) is 60.4. The number of hydrogen-bond acceptors (Lipinski definition) is 18. The molecule has 0 aliphatic heterocycles. The number of fused-ring (bicyclic) bond motifs is 2. The van der Waals surface area contributed by atoms with E-state index in [0.29, 0.717) is 57.8 Å². The van der Waals surface area contributed by atoms with Crippen molar-refractivity contribution in [1.29, 1.82) is 0 Å². The van der Waals surface area contributed by atoms with E-state index in [4.69, 9.17) is 28.6 Å². The molecule has 8 aromatic rings. The number of aromatic nitrogens is 4. The molecule has 22 nitrogen and oxygen atoms in total. The number of nitrogens with zero attached hydrogens (tertiary/aromatic N) is 4. The van der Waals surface area contributed by atoms with Crippen molar-refractivity contribution in [3.05, 3.63) is 188 Å². The predicted molar refractivity (Wildman–Crippen MR) is 391 cm³/mol. The number of nitrogens with one attached hydrogen (secondary N) is 4. The minimum absolute atomic E-state index is 0.00192. The van der Waals surface area contributed by atoms with Crippen LogP contribution in [0, 0.1) is 11.8 Å². The van der Waals surface area contributed by atoms with E-state index >= 15 is 0 Å². The van der Waals surface area contributed by atoms with Crippen LogP contribution in [0.3, 0.4) is 0 Å². The van der Waals surface area contributed by atoms with Crippen LogP contribution in [0.5, 0.6) is 11.5 Å². The topological polar surface area (TPSA) is 343 Å². The van der Waals surface area contributed by atoms with Crippen molar-refractivity contribution in [2.75, 3.05) is 67.5 Å². The quantitative estimate of drug-likeness (QED) is 0.00991. The van der Waals surface area contributed by atoms with E-state index in [-0.39, 0.29) is 34.5 Å². The third kappa shape index (κ3) is 24.0. The Labute approximate surface area is 600 Å². The summed E-state index contributed by atoms with van der Waals surface area (Å²) in [6, 6.07) is 32.4. The molecule has 0 radical (unpaired) electrons. The van der Waals surface area contributed by atoms with Gasteiger partial charge < -0.3 is 88.8 Å². The van der Waals surface area contributed by atoms with Crippen LogP contribution >= 0.6 is 0 Å². The van der Waals surface area contributed by atoms with Crippen molar-refractivity contribution in [1.82, 2.24) is 30.6 Å². The molecule has 10 rings (SSSR count). The van der Waals surface area contributed by atoms with Gasteiger partial charge in [0.05, 0.1) is 76.9 Å². The molecule has 4 aromatic carbocycles. The zero-order valence-electron chi connectivity index (χ0n) is 60.4. The number of carbonyl (C=O) groups excluding carboxylic acids is 2. The minimum Gasteiger partial charge on any atom is -0.554 e. The van der Waals surface area contributed by atoms with Gasteiger partial charge in [0, 0.05) is 60.8 Å². The van der Waals surface area contributed by atoms with Gasteiger partial charge in [0.2, 0.25) is 22.9 Å². The standard InChI is InChI=1S/2C39H54N4O5.2CH2O2/c2*1-43(2,28-31-26-41-38(48-31)39(47,29-16-10-8-11-17-29)30-18-12-9-13-19-30)25-15-7-5-3-4-6-14-24-40-27-35(45)32-20-22-34(44)37-33(32)21-23-36(46)42-37;2*2-1-3/h2*8,10-11,16-17,20-23,26,30,35,40,45,47H,3-7,9,12-15,18-19,24-25,27-28H2,1-2H3,(H-,42,44,46);2*1H,(H,2,3)/t2*35-,39-;;/m00../s1. The van der Waals surface area contributed by atoms with E-state index < -0.39 is 36.4 Å². The number of H-pyrrole nitrogens is 2. The Morgan fingerprint density at radius 1 is 0.500 bits per heavy atom. The summed E-state index contributed by atoms with van der Waals surface area (Å²) < 4.78 is 14.3. The monoisotopic (exact) mass is 1410 g/mol. The van der Waals surface area contributed by atoms with Crippen molar-refractivity contribution in [2.24, 2.45) is 11.8 Å². The van der Waals surface area contributed by atoms with Gasteiger partial charge in [0.1, 0.15) is 24.6 Å². The van der Waals surface area contributed by atoms with E-state index in [0.717, 1.165) is 161 Å². The number of aliphatic hydroxyl groups excluding tert-OH is 2. The highest BCUT2D eigenvalue weighted by Crippen LogP contribution is 2.46. The molecule has 0 spiro atoms. The van der Waals surface area contributed by atoms with Gasteiger partial charge in [-0.25, -0.2) is 9.97 Å². The Morgan fingerprint density at radius 3 is 1.19 bits per heavy atom. The highest BCUT2D eigenvalue weighted by Gasteiger charge is 2.46. The molecule has 556 valence electrons. The zero-order chi connectivity index (χ0) is 73.4. The van der Waals surface area contributed by atoms with E-state index in [1.54, 1.807) is 24.3 Å². The second-order valence-electron chi connectivity index (χ2n) is 29.0. The van der Waals surface area contributed by atoms with Crippen LogP contribution < -0.4 is 32.0 Å². The third-order valence-electron chi connectivity index (χ3n) is 20.2. The van der Waals surface area contributed by atoms with Crippen molar-refractivity contribution in [3.63, 3.8) is 0 Å². The van der Waals surface area contributed by atoms with Gasteiger partial charge in [-0.15, -0.1) is 0 Å². The van der Waals surface area contributed by atoms with Gasteiger partial charge in [-0.05, 0) is 124 Å². The number of hydrogen-bond donors (Lipinski definition) is 10. The number of carbonyl (C=O) groups is 2. The van der Waals surface area contributed by atoms with Crippen LogP contribution in [0.1, 0.15) is 212 Å². The number of aliphatic hydroxyl groups is 4. The highest BCUT2D eigenvalue weighted by molar-refractivity contribution is 5.88. The number of benzene rings is 4. The summed E-state index contributed by atoms with van der Waals surface area (Å²) in [6.45, 7) is 5.10. The molecule has 2 aliphatic rings. The van der Waals surface area contributed by atoms with Crippen LogP contribution in [0.25, 0.3) is 21.8 Å². The number of oxazole rings is 2. The average molecular weight is 1410 g/mol. The van der Waals surface area contributed by atoms with E-state index in [1.807, 2.05) is 73.1 Å². The first-order chi connectivity index (χ1) is 49.2. The van der Waals surface area contributed by atoms with Crippen LogP contribution in [-0.4, -0.2) is 140 Å². The van der Waals surface area contributed by atoms with Gasteiger partial charge in [0.25, 0.3) is 0 Å². The van der Waals surface area contributed by atoms with Gasteiger partial charge in [-0.1, -0.05) is 163 Å². The number of quaternary nitrogens is 2. The first-order valence-corrected chi connectivity index (χ1v) is 36.9. The number of aromatic hydroxyl groups is 2. The maximum Gasteiger partial charge on any atom is 0.248 e. The number of aromatic amines is 2. The third-order valence-corrected chi connectivity index (χ3v) is 20.2. The highest BCUT2D eigenvalue weighted by atomic mass is 16.4. The van der Waals surface area contributed by atoms with Crippen LogP contribution in [0.4, 0.5) is 0 Å². The van der Waals surface area contributed by atoms with Crippen LogP contribution in [-0.2, 0) is 33.9 Å². The van der Waals surface area contributed by atoms with Gasteiger partial charge in [0.15, 0.2) is 22.7 Å². The van der Waals surface area contributed by atoms with Crippen LogP contribution in [0.15, 0.2) is 140 Å². The molecule has 4 aromatic heterocycles. The number of phenolic OH excluding ortho intramolecular Hbond substituents is 2. The molecule has 4 heterocycles.